The van der Waals surface area contributed by atoms with Crippen molar-refractivity contribution in [1.82, 2.24) is 14.4 Å². The van der Waals surface area contributed by atoms with Gasteiger partial charge >= 0.3 is 5.97 Å². The summed E-state index contributed by atoms with van der Waals surface area (Å²) in [5.74, 6) is -0.266. The van der Waals surface area contributed by atoms with Crippen molar-refractivity contribution < 1.29 is 14.3 Å². The molecular weight excluding hydrogens is 380 g/mol. The van der Waals surface area contributed by atoms with E-state index in [-0.39, 0.29) is 11.9 Å². The van der Waals surface area contributed by atoms with Crippen molar-refractivity contribution in [3.63, 3.8) is 0 Å². The normalized spacial score (nSPS) is 15.6. The van der Waals surface area contributed by atoms with E-state index in [0.29, 0.717) is 18.7 Å². The van der Waals surface area contributed by atoms with Crippen LogP contribution >= 0.6 is 0 Å². The van der Waals surface area contributed by atoms with E-state index in [4.69, 9.17) is 4.74 Å². The van der Waals surface area contributed by atoms with Crippen LogP contribution in [0, 0.1) is 13.8 Å². The molecule has 7 nitrogen and oxygen atoms in total. The van der Waals surface area contributed by atoms with Gasteiger partial charge in [0.05, 0.1) is 19.2 Å². The summed E-state index contributed by atoms with van der Waals surface area (Å²) in [5.41, 5.74) is 4.57. The van der Waals surface area contributed by atoms with Crippen LogP contribution in [0.3, 0.4) is 0 Å². The van der Waals surface area contributed by atoms with Crippen LogP contribution in [0.25, 0.3) is 0 Å². The van der Waals surface area contributed by atoms with Gasteiger partial charge in [-0.1, -0.05) is 18.2 Å². The number of amides is 1. The molecule has 0 spiro atoms. The maximum atomic E-state index is 12.4. The molecule has 1 amide bonds. The molecule has 0 aliphatic carbocycles. The van der Waals surface area contributed by atoms with E-state index in [1.807, 2.05) is 51.2 Å². The minimum atomic E-state index is -0.278. The summed E-state index contributed by atoms with van der Waals surface area (Å²) in [6, 6.07) is 9.54. The Morgan fingerprint density at radius 3 is 2.37 bits per heavy atom. The number of aromatic nitrogens is 1. The number of nitrogens with one attached hydrogen (secondary N) is 1. The first-order chi connectivity index (χ1) is 14.4. The zero-order valence-electron chi connectivity index (χ0n) is 18.4. The van der Waals surface area contributed by atoms with E-state index in [0.717, 1.165) is 55.2 Å². The lowest BCUT2D eigenvalue weighted by Gasteiger charge is -2.22. The molecule has 1 N–H and O–H groups in total. The molecule has 1 aliphatic heterocycles. The number of anilines is 1. The second kappa shape index (κ2) is 9.91. The van der Waals surface area contributed by atoms with Crippen LogP contribution in [-0.4, -0.2) is 66.1 Å². The standard InChI is InChI=1S/C23H32N4O3/c1-17-20(22(23(29)30-4)18(2)25(17)3)15-26-11-8-12-27(14-13-26)16-21(28)24-19-9-6-5-7-10-19/h5-7,9-10H,8,11-16H2,1-4H3,(H,24,28). The molecule has 0 radical (unpaired) electrons. The predicted molar refractivity (Wildman–Crippen MR) is 118 cm³/mol. The number of para-hydroxylation sites is 1. The Morgan fingerprint density at radius 1 is 1.00 bits per heavy atom. The fourth-order valence-electron chi connectivity index (χ4n) is 4.08. The van der Waals surface area contributed by atoms with Gasteiger partial charge < -0.3 is 14.6 Å². The molecule has 2 aromatic rings. The Morgan fingerprint density at radius 2 is 1.67 bits per heavy atom. The zero-order chi connectivity index (χ0) is 21.7. The highest BCUT2D eigenvalue weighted by atomic mass is 16.5. The molecule has 30 heavy (non-hydrogen) atoms. The number of ether oxygens (including phenoxy) is 1. The lowest BCUT2D eigenvalue weighted by molar-refractivity contribution is -0.117. The number of esters is 1. The molecule has 0 unspecified atom stereocenters. The molecule has 7 heteroatoms. The minimum Gasteiger partial charge on any atom is -0.465 e. The molecule has 2 heterocycles. The summed E-state index contributed by atoms with van der Waals surface area (Å²) in [6.07, 6.45) is 0.983. The number of rotatable bonds is 6. The summed E-state index contributed by atoms with van der Waals surface area (Å²) in [7, 11) is 3.41. The van der Waals surface area contributed by atoms with Crippen molar-refractivity contribution in [3.05, 3.63) is 52.8 Å². The molecule has 1 aliphatic rings. The van der Waals surface area contributed by atoms with Crippen LogP contribution < -0.4 is 5.32 Å². The van der Waals surface area contributed by atoms with E-state index in [1.54, 1.807) is 0 Å². The van der Waals surface area contributed by atoms with Gasteiger partial charge in [0.15, 0.2) is 0 Å². The van der Waals surface area contributed by atoms with Gasteiger partial charge in [0, 0.05) is 49.3 Å². The molecule has 1 aromatic heterocycles. The van der Waals surface area contributed by atoms with Gasteiger partial charge in [-0.25, -0.2) is 4.79 Å². The lowest BCUT2D eigenvalue weighted by Crippen LogP contribution is -2.36. The van der Waals surface area contributed by atoms with Crippen molar-refractivity contribution in [1.29, 1.82) is 0 Å². The highest BCUT2D eigenvalue weighted by Crippen LogP contribution is 2.24. The molecule has 162 valence electrons. The summed E-state index contributed by atoms with van der Waals surface area (Å²) < 4.78 is 7.08. The number of methoxy groups -OCH3 is 1. The monoisotopic (exact) mass is 412 g/mol. The highest BCUT2D eigenvalue weighted by Gasteiger charge is 2.25. The van der Waals surface area contributed by atoms with Crippen LogP contribution in [0.15, 0.2) is 30.3 Å². The quantitative estimate of drug-likeness (QED) is 0.739. The van der Waals surface area contributed by atoms with Crippen molar-refractivity contribution >= 4 is 17.6 Å². The Balaban J connectivity index is 1.60. The molecule has 1 aromatic carbocycles. The molecule has 0 bridgehead atoms. The number of nitrogens with zero attached hydrogens (tertiary/aromatic N) is 3. The Bertz CT molecular complexity index is 892. The minimum absolute atomic E-state index is 0.0113. The van der Waals surface area contributed by atoms with Gasteiger partial charge in [-0.3, -0.25) is 14.6 Å². The van der Waals surface area contributed by atoms with Crippen LogP contribution in [0.2, 0.25) is 0 Å². The largest absolute Gasteiger partial charge is 0.465 e. The summed E-state index contributed by atoms with van der Waals surface area (Å²) in [5, 5.41) is 2.96. The SMILES string of the molecule is COC(=O)c1c(CN2CCCN(CC(=O)Nc3ccccc3)CC2)c(C)n(C)c1C. The molecule has 0 atom stereocenters. The van der Waals surface area contributed by atoms with E-state index in [1.165, 1.54) is 7.11 Å². The second-order valence-electron chi connectivity index (χ2n) is 7.90. The average Bonchev–Trinajstić information content (AvgIpc) is 2.88. The third-order valence-electron chi connectivity index (χ3n) is 5.98. The first-order valence-corrected chi connectivity index (χ1v) is 10.4. The fourth-order valence-corrected chi connectivity index (χ4v) is 4.08. The number of carbonyl (C=O) groups is 2. The van der Waals surface area contributed by atoms with Crippen LogP contribution in [-0.2, 0) is 23.1 Å². The maximum Gasteiger partial charge on any atom is 0.340 e. The van der Waals surface area contributed by atoms with Crippen LogP contribution in [0.4, 0.5) is 5.69 Å². The van der Waals surface area contributed by atoms with Crippen molar-refractivity contribution in [3.8, 4) is 0 Å². The van der Waals surface area contributed by atoms with E-state index < -0.39 is 0 Å². The number of benzene rings is 1. The number of hydrogen-bond acceptors (Lipinski definition) is 5. The molecule has 1 saturated heterocycles. The Hall–Kier alpha value is -2.64. The summed E-state index contributed by atoms with van der Waals surface area (Å²) in [6.45, 7) is 8.60. The molecule has 0 saturated carbocycles. The maximum absolute atomic E-state index is 12.4. The van der Waals surface area contributed by atoms with E-state index >= 15 is 0 Å². The summed E-state index contributed by atoms with van der Waals surface area (Å²) >= 11 is 0. The Kier molecular flexibility index (Phi) is 7.29. The molecular formula is C23H32N4O3. The van der Waals surface area contributed by atoms with E-state index in [2.05, 4.69) is 19.7 Å². The highest BCUT2D eigenvalue weighted by molar-refractivity contribution is 5.93. The van der Waals surface area contributed by atoms with Crippen molar-refractivity contribution in [2.75, 3.05) is 45.2 Å². The topological polar surface area (TPSA) is 66.8 Å². The molecule has 3 rings (SSSR count). The average molecular weight is 413 g/mol. The third-order valence-corrected chi connectivity index (χ3v) is 5.98. The predicted octanol–water partition coefficient (Wildman–Crippen LogP) is 2.57. The van der Waals surface area contributed by atoms with Crippen LogP contribution in [0.1, 0.15) is 33.7 Å². The van der Waals surface area contributed by atoms with Crippen LogP contribution in [0.5, 0.6) is 0 Å². The van der Waals surface area contributed by atoms with Gasteiger partial charge in [0.1, 0.15) is 0 Å². The first kappa shape index (κ1) is 22.1. The first-order valence-electron chi connectivity index (χ1n) is 10.4. The second-order valence-corrected chi connectivity index (χ2v) is 7.90. The van der Waals surface area contributed by atoms with Gasteiger partial charge in [0.2, 0.25) is 5.91 Å². The van der Waals surface area contributed by atoms with E-state index in [9.17, 15) is 9.59 Å². The van der Waals surface area contributed by atoms with Gasteiger partial charge in [-0.2, -0.15) is 0 Å². The third kappa shape index (κ3) is 5.09. The number of hydrogen-bond donors (Lipinski definition) is 1. The smallest absolute Gasteiger partial charge is 0.340 e. The lowest BCUT2D eigenvalue weighted by atomic mass is 10.1. The Labute approximate surface area is 178 Å². The fraction of sp³-hybridized carbons (Fsp3) is 0.478. The zero-order valence-corrected chi connectivity index (χ0v) is 18.4. The number of carbonyl (C=O) groups excluding carboxylic acids is 2. The van der Waals surface area contributed by atoms with Gasteiger partial charge in [-0.05, 0) is 45.5 Å². The van der Waals surface area contributed by atoms with Crippen molar-refractivity contribution in [2.24, 2.45) is 7.05 Å². The van der Waals surface area contributed by atoms with Gasteiger partial charge in [-0.15, -0.1) is 0 Å². The van der Waals surface area contributed by atoms with Gasteiger partial charge in [0.25, 0.3) is 0 Å². The summed E-state index contributed by atoms with van der Waals surface area (Å²) in [4.78, 5) is 29.3. The molecule has 1 fully saturated rings. The van der Waals surface area contributed by atoms with Crippen molar-refractivity contribution in [2.45, 2.75) is 26.8 Å².